The molecule has 0 amide bonds. The summed E-state index contributed by atoms with van der Waals surface area (Å²) < 4.78 is 4.17. The maximum absolute atomic E-state index is 10.5. The molecule has 0 heterocycles. The summed E-state index contributed by atoms with van der Waals surface area (Å²) >= 11 is 0. The second-order valence-electron chi connectivity index (χ2n) is 3.31. The molecule has 4 heteroatoms. The fourth-order valence-electron chi connectivity index (χ4n) is 0.809. The van der Waals surface area contributed by atoms with Crippen LogP contribution in [0.1, 0.15) is 12.5 Å². The Bertz CT molecular complexity index is 450. The average molecular weight is 261 g/mol. The van der Waals surface area contributed by atoms with Crippen molar-refractivity contribution in [3.8, 4) is 0 Å². The minimum absolute atomic E-state index is 0. The lowest BCUT2D eigenvalue weighted by atomic mass is 10.2. The van der Waals surface area contributed by atoms with Crippen molar-refractivity contribution in [2.75, 3.05) is 0 Å². The molecule has 0 aliphatic rings. The molecule has 19 heavy (non-hydrogen) atoms. The van der Waals surface area contributed by atoms with Gasteiger partial charge in [0, 0.05) is 11.6 Å². The lowest BCUT2D eigenvalue weighted by Gasteiger charge is -1.95. The standard InChI is InChI=1S/C8H8.C7H8O3.H3N/c1-2-8-6-4-3-5-7-8;1-4-6(8)10-7(9)5(2)3;/h2-7H,1H2;4H,1-2H2,3H3;1H3. The highest BCUT2D eigenvalue weighted by molar-refractivity contribution is 5.98. The van der Waals surface area contributed by atoms with Crippen molar-refractivity contribution < 1.29 is 14.3 Å². The molecule has 0 aromatic heterocycles. The normalized spacial score (nSPS) is 7.84. The molecule has 0 fully saturated rings. The van der Waals surface area contributed by atoms with Gasteiger partial charge in [-0.2, -0.15) is 0 Å². The van der Waals surface area contributed by atoms with Crippen LogP contribution in [0.15, 0.2) is 61.7 Å². The third-order valence-electron chi connectivity index (χ3n) is 1.74. The van der Waals surface area contributed by atoms with E-state index in [-0.39, 0.29) is 11.7 Å². The first-order valence-corrected chi connectivity index (χ1v) is 5.22. The van der Waals surface area contributed by atoms with Gasteiger partial charge in [-0.05, 0) is 12.5 Å². The fourth-order valence-corrected chi connectivity index (χ4v) is 0.809. The Balaban J connectivity index is 0. The van der Waals surface area contributed by atoms with Crippen LogP contribution in [0.25, 0.3) is 6.08 Å². The summed E-state index contributed by atoms with van der Waals surface area (Å²) in [5, 5.41) is 0. The van der Waals surface area contributed by atoms with Crippen molar-refractivity contribution in [1.29, 1.82) is 0 Å². The van der Waals surface area contributed by atoms with Gasteiger partial charge in [0.1, 0.15) is 0 Å². The van der Waals surface area contributed by atoms with E-state index in [0.717, 1.165) is 6.08 Å². The lowest BCUT2D eigenvalue weighted by Crippen LogP contribution is -2.09. The number of ether oxygens (including phenoxy) is 1. The van der Waals surface area contributed by atoms with E-state index >= 15 is 0 Å². The Morgan fingerprint density at radius 2 is 1.68 bits per heavy atom. The minimum Gasteiger partial charge on any atom is -0.386 e. The molecule has 0 radical (unpaired) electrons. The summed E-state index contributed by atoms with van der Waals surface area (Å²) in [5.74, 6) is -1.47. The first kappa shape index (κ1) is 18.9. The third-order valence-corrected chi connectivity index (χ3v) is 1.74. The summed E-state index contributed by atoms with van der Waals surface area (Å²) in [6, 6.07) is 10.0. The second-order valence-corrected chi connectivity index (χ2v) is 3.31. The Kier molecular flexibility index (Phi) is 10.6. The van der Waals surface area contributed by atoms with E-state index in [2.05, 4.69) is 24.5 Å². The average Bonchev–Trinajstić information content (AvgIpc) is 2.40. The molecule has 0 saturated carbocycles. The van der Waals surface area contributed by atoms with Gasteiger partial charge < -0.3 is 10.9 Å². The lowest BCUT2D eigenvalue weighted by molar-refractivity contribution is -0.153. The van der Waals surface area contributed by atoms with Gasteiger partial charge >= 0.3 is 11.9 Å². The molecule has 3 N–H and O–H groups in total. The predicted octanol–water partition coefficient (Wildman–Crippen LogP) is 3.31. The van der Waals surface area contributed by atoms with Gasteiger partial charge in [-0.25, -0.2) is 9.59 Å². The molecular weight excluding hydrogens is 242 g/mol. The maximum atomic E-state index is 10.5. The summed E-state index contributed by atoms with van der Waals surface area (Å²) in [6.07, 6.45) is 2.75. The van der Waals surface area contributed by atoms with E-state index < -0.39 is 11.9 Å². The van der Waals surface area contributed by atoms with Crippen molar-refractivity contribution in [1.82, 2.24) is 6.15 Å². The number of hydrogen-bond acceptors (Lipinski definition) is 4. The zero-order chi connectivity index (χ0) is 14.0. The molecule has 1 aromatic carbocycles. The van der Waals surface area contributed by atoms with Crippen LogP contribution in [0.4, 0.5) is 0 Å². The first-order valence-electron chi connectivity index (χ1n) is 5.22. The van der Waals surface area contributed by atoms with Gasteiger partial charge in [-0.15, -0.1) is 0 Å². The van der Waals surface area contributed by atoms with Crippen molar-refractivity contribution in [3.63, 3.8) is 0 Å². The molecule has 0 atom stereocenters. The number of carbonyl (C=O) groups excluding carboxylic acids is 2. The number of carbonyl (C=O) groups is 2. The number of rotatable bonds is 3. The topological polar surface area (TPSA) is 78.4 Å². The zero-order valence-corrected chi connectivity index (χ0v) is 11.1. The van der Waals surface area contributed by atoms with Crippen LogP contribution in [0.2, 0.25) is 0 Å². The van der Waals surface area contributed by atoms with E-state index in [0.29, 0.717) is 0 Å². The molecule has 0 saturated heterocycles. The molecule has 0 spiro atoms. The maximum Gasteiger partial charge on any atom is 0.340 e. The molecule has 0 aliphatic heterocycles. The molecule has 4 nitrogen and oxygen atoms in total. The summed E-state index contributed by atoms with van der Waals surface area (Å²) in [7, 11) is 0. The van der Waals surface area contributed by atoms with E-state index in [1.54, 1.807) is 0 Å². The smallest absolute Gasteiger partial charge is 0.340 e. The Morgan fingerprint density at radius 1 is 1.16 bits per heavy atom. The Labute approximate surface area is 113 Å². The first-order chi connectivity index (χ1) is 8.51. The molecule has 0 bridgehead atoms. The fraction of sp³-hybridized carbons (Fsp3) is 0.0667. The van der Waals surface area contributed by atoms with Crippen molar-refractivity contribution in [3.05, 3.63) is 67.3 Å². The SMILES string of the molecule is C=CC(=O)OC(=O)C(=C)C.C=Cc1ccccc1.N. The Morgan fingerprint density at radius 3 is 2.00 bits per heavy atom. The van der Waals surface area contributed by atoms with Gasteiger partial charge in [0.2, 0.25) is 0 Å². The highest BCUT2D eigenvalue weighted by atomic mass is 16.6. The molecular formula is C15H19NO3. The Hall–Kier alpha value is -2.46. The number of hydrogen-bond donors (Lipinski definition) is 1. The largest absolute Gasteiger partial charge is 0.386 e. The second kappa shape index (κ2) is 10.7. The molecule has 102 valence electrons. The van der Waals surface area contributed by atoms with E-state index in [4.69, 9.17) is 0 Å². The monoisotopic (exact) mass is 261 g/mol. The minimum atomic E-state index is -0.756. The van der Waals surface area contributed by atoms with Crippen molar-refractivity contribution in [2.24, 2.45) is 0 Å². The van der Waals surface area contributed by atoms with Crippen LogP contribution >= 0.6 is 0 Å². The molecule has 0 aliphatic carbocycles. The predicted molar refractivity (Wildman–Crippen MR) is 77.7 cm³/mol. The van der Waals surface area contributed by atoms with Gasteiger partial charge in [0.05, 0.1) is 0 Å². The van der Waals surface area contributed by atoms with Crippen LogP contribution in [-0.4, -0.2) is 11.9 Å². The number of benzene rings is 1. The molecule has 1 aromatic rings. The van der Waals surface area contributed by atoms with Gasteiger partial charge in [-0.3, -0.25) is 0 Å². The summed E-state index contributed by atoms with van der Waals surface area (Å²) in [4.78, 5) is 20.8. The van der Waals surface area contributed by atoms with Crippen LogP contribution < -0.4 is 6.15 Å². The highest BCUT2D eigenvalue weighted by Gasteiger charge is 2.06. The third kappa shape index (κ3) is 9.26. The van der Waals surface area contributed by atoms with E-state index in [1.165, 1.54) is 12.5 Å². The van der Waals surface area contributed by atoms with E-state index in [1.807, 2.05) is 36.4 Å². The van der Waals surface area contributed by atoms with Gasteiger partial charge in [-0.1, -0.05) is 56.1 Å². The summed E-state index contributed by atoms with van der Waals surface area (Å²) in [6.45, 7) is 11.5. The van der Waals surface area contributed by atoms with Crippen LogP contribution in [-0.2, 0) is 14.3 Å². The summed E-state index contributed by atoms with van der Waals surface area (Å²) in [5.41, 5.74) is 1.36. The van der Waals surface area contributed by atoms with E-state index in [9.17, 15) is 9.59 Å². The molecule has 1 rings (SSSR count). The molecule has 0 unspecified atom stereocenters. The number of esters is 2. The van der Waals surface area contributed by atoms with Crippen molar-refractivity contribution >= 4 is 18.0 Å². The van der Waals surface area contributed by atoms with Crippen LogP contribution in [0, 0.1) is 0 Å². The zero-order valence-electron chi connectivity index (χ0n) is 11.1. The quantitative estimate of drug-likeness (QED) is 0.514. The van der Waals surface area contributed by atoms with Crippen LogP contribution in [0.3, 0.4) is 0 Å². The van der Waals surface area contributed by atoms with Crippen LogP contribution in [0.5, 0.6) is 0 Å². The van der Waals surface area contributed by atoms with Crippen molar-refractivity contribution in [2.45, 2.75) is 6.92 Å². The van der Waals surface area contributed by atoms with Gasteiger partial charge in [0.25, 0.3) is 0 Å². The highest BCUT2D eigenvalue weighted by Crippen LogP contribution is 1.97. The van der Waals surface area contributed by atoms with Gasteiger partial charge in [0.15, 0.2) is 0 Å².